The summed E-state index contributed by atoms with van der Waals surface area (Å²) >= 11 is 0. The summed E-state index contributed by atoms with van der Waals surface area (Å²) in [6.45, 7) is 6.42. The van der Waals surface area contributed by atoms with Crippen LogP contribution in [0.3, 0.4) is 0 Å². The molecule has 0 radical (unpaired) electrons. The van der Waals surface area contributed by atoms with Gasteiger partial charge in [0.15, 0.2) is 9.84 Å². The Morgan fingerprint density at radius 2 is 1.81 bits per heavy atom. The molecule has 0 bridgehead atoms. The molecule has 0 amide bonds. The number of hydrogen-bond acceptors (Lipinski definition) is 2. The molecule has 0 aromatic heterocycles. The van der Waals surface area contributed by atoms with Crippen LogP contribution in [0.4, 0.5) is 0 Å². The van der Waals surface area contributed by atoms with Crippen molar-refractivity contribution >= 4 is 9.84 Å². The second-order valence-electron chi connectivity index (χ2n) is 5.77. The lowest BCUT2D eigenvalue weighted by Gasteiger charge is -2.06. The van der Waals surface area contributed by atoms with E-state index >= 15 is 0 Å². The molecule has 1 unspecified atom stereocenters. The summed E-state index contributed by atoms with van der Waals surface area (Å²) in [7, 11) is -3.18. The Bertz CT molecular complexity index is 564. The Morgan fingerprint density at radius 3 is 2.43 bits per heavy atom. The summed E-state index contributed by atoms with van der Waals surface area (Å²) in [4.78, 5) is 0.395. The van der Waals surface area contributed by atoms with Crippen LogP contribution in [0.2, 0.25) is 0 Å². The van der Waals surface area contributed by atoms with E-state index in [0.717, 1.165) is 19.3 Å². The average Bonchev–Trinajstić information content (AvgIpc) is 2.44. The third-order valence-corrected chi connectivity index (χ3v) is 4.96. The number of allylic oxidation sites excluding steroid dienone is 3. The zero-order chi connectivity index (χ0) is 15.7. The summed E-state index contributed by atoms with van der Waals surface area (Å²) in [5.41, 5.74) is 1.35. The molecule has 0 aliphatic carbocycles. The minimum absolute atomic E-state index is 0.0811. The molecule has 116 valence electrons. The molecule has 1 atom stereocenters. The predicted molar refractivity (Wildman–Crippen MR) is 90.1 cm³/mol. The van der Waals surface area contributed by atoms with Crippen molar-refractivity contribution in [3.8, 4) is 0 Å². The van der Waals surface area contributed by atoms with E-state index < -0.39 is 9.84 Å². The van der Waals surface area contributed by atoms with Gasteiger partial charge in [-0.2, -0.15) is 0 Å². The Balaban J connectivity index is 2.39. The van der Waals surface area contributed by atoms with Gasteiger partial charge < -0.3 is 0 Å². The van der Waals surface area contributed by atoms with E-state index in [4.69, 9.17) is 0 Å². The van der Waals surface area contributed by atoms with E-state index in [9.17, 15) is 8.42 Å². The van der Waals surface area contributed by atoms with E-state index in [-0.39, 0.29) is 5.75 Å². The lowest BCUT2D eigenvalue weighted by atomic mass is 10.0. The smallest absolute Gasteiger partial charge is 0.181 e. The number of rotatable bonds is 8. The molecule has 0 aliphatic rings. The average molecular weight is 306 g/mol. The van der Waals surface area contributed by atoms with Crippen LogP contribution >= 0.6 is 0 Å². The highest BCUT2D eigenvalue weighted by Crippen LogP contribution is 2.14. The first-order chi connectivity index (χ1) is 9.92. The minimum Gasteiger partial charge on any atom is -0.223 e. The predicted octanol–water partition coefficient (Wildman–Crippen LogP) is 4.79. The molecule has 0 N–H and O–H groups in total. The minimum atomic E-state index is -3.18. The summed E-state index contributed by atoms with van der Waals surface area (Å²) < 4.78 is 24.1. The van der Waals surface area contributed by atoms with Crippen LogP contribution in [-0.4, -0.2) is 14.2 Å². The first-order valence-electron chi connectivity index (χ1n) is 7.48. The SMILES string of the molecule is CC(C)=CCCC(C)C/C=C/CS(=O)(=O)c1ccccc1. The van der Waals surface area contributed by atoms with Crippen LogP contribution in [0, 0.1) is 5.92 Å². The quantitative estimate of drug-likeness (QED) is 0.647. The molecule has 1 aromatic rings. The lowest BCUT2D eigenvalue weighted by Crippen LogP contribution is -2.04. The van der Waals surface area contributed by atoms with Crippen LogP contribution in [0.25, 0.3) is 0 Å². The molecule has 2 nitrogen and oxygen atoms in total. The molecule has 3 heteroatoms. The molecule has 0 saturated carbocycles. The highest BCUT2D eigenvalue weighted by atomic mass is 32.2. The zero-order valence-corrected chi connectivity index (χ0v) is 14.1. The van der Waals surface area contributed by atoms with E-state index in [1.807, 2.05) is 12.1 Å². The van der Waals surface area contributed by atoms with E-state index in [1.165, 1.54) is 5.57 Å². The standard InChI is InChI=1S/C18H26O2S/c1-16(2)10-9-12-17(3)11-7-8-15-21(19,20)18-13-5-4-6-14-18/h4-8,10,13-14,17H,9,11-12,15H2,1-3H3/b8-7+. The summed E-state index contributed by atoms with van der Waals surface area (Å²) in [5, 5.41) is 0. The van der Waals surface area contributed by atoms with E-state index in [2.05, 4.69) is 26.8 Å². The van der Waals surface area contributed by atoms with Gasteiger partial charge in [-0.1, -0.05) is 48.9 Å². The third-order valence-electron chi connectivity index (χ3n) is 3.34. The fourth-order valence-corrected chi connectivity index (χ4v) is 3.18. The van der Waals surface area contributed by atoms with Crippen LogP contribution in [0.5, 0.6) is 0 Å². The first kappa shape index (κ1) is 17.7. The van der Waals surface area contributed by atoms with Gasteiger partial charge in [0.2, 0.25) is 0 Å². The Labute approximate surface area is 129 Å². The molecule has 0 aliphatic heterocycles. The van der Waals surface area contributed by atoms with Crippen LogP contribution in [0.1, 0.15) is 40.0 Å². The van der Waals surface area contributed by atoms with Crippen molar-refractivity contribution in [2.75, 3.05) is 5.75 Å². The van der Waals surface area contributed by atoms with Gasteiger partial charge in [-0.15, -0.1) is 0 Å². The number of sulfone groups is 1. The van der Waals surface area contributed by atoms with Crippen molar-refractivity contribution in [1.82, 2.24) is 0 Å². The second kappa shape index (κ2) is 8.83. The molecule has 0 heterocycles. The van der Waals surface area contributed by atoms with Gasteiger partial charge in [0.1, 0.15) is 0 Å². The zero-order valence-electron chi connectivity index (χ0n) is 13.2. The third kappa shape index (κ3) is 7.28. The van der Waals surface area contributed by atoms with Gasteiger partial charge in [-0.3, -0.25) is 0 Å². The van der Waals surface area contributed by atoms with Gasteiger partial charge in [0.25, 0.3) is 0 Å². The Morgan fingerprint density at radius 1 is 1.14 bits per heavy atom. The van der Waals surface area contributed by atoms with Gasteiger partial charge >= 0.3 is 0 Å². The van der Waals surface area contributed by atoms with Gasteiger partial charge in [-0.05, 0) is 51.2 Å². The van der Waals surface area contributed by atoms with Crippen LogP contribution in [-0.2, 0) is 9.84 Å². The summed E-state index contributed by atoms with van der Waals surface area (Å²) in [5.74, 6) is 0.661. The maximum Gasteiger partial charge on any atom is 0.181 e. The van der Waals surface area contributed by atoms with Crippen molar-refractivity contribution < 1.29 is 8.42 Å². The van der Waals surface area contributed by atoms with Crippen molar-refractivity contribution in [3.05, 3.63) is 54.1 Å². The molecule has 21 heavy (non-hydrogen) atoms. The first-order valence-corrected chi connectivity index (χ1v) is 9.13. The maximum atomic E-state index is 12.1. The van der Waals surface area contributed by atoms with Crippen molar-refractivity contribution in [2.45, 2.75) is 44.9 Å². The Kier molecular flexibility index (Phi) is 7.44. The van der Waals surface area contributed by atoms with Crippen molar-refractivity contribution in [1.29, 1.82) is 0 Å². The van der Waals surface area contributed by atoms with Crippen LogP contribution in [0.15, 0.2) is 59.0 Å². The molecular formula is C18H26O2S. The molecule has 0 fully saturated rings. The monoisotopic (exact) mass is 306 g/mol. The topological polar surface area (TPSA) is 34.1 Å². The van der Waals surface area contributed by atoms with Crippen molar-refractivity contribution in [3.63, 3.8) is 0 Å². The fourth-order valence-electron chi connectivity index (χ4n) is 2.02. The van der Waals surface area contributed by atoms with Gasteiger partial charge in [0.05, 0.1) is 10.6 Å². The summed E-state index contributed by atoms with van der Waals surface area (Å²) in [6.07, 6.45) is 9.19. The van der Waals surface area contributed by atoms with Crippen molar-refractivity contribution in [2.24, 2.45) is 5.92 Å². The van der Waals surface area contributed by atoms with Crippen LogP contribution < -0.4 is 0 Å². The van der Waals surface area contributed by atoms with E-state index in [0.29, 0.717) is 10.8 Å². The second-order valence-corrected chi connectivity index (χ2v) is 7.80. The lowest BCUT2D eigenvalue weighted by molar-refractivity contribution is 0.545. The highest BCUT2D eigenvalue weighted by molar-refractivity contribution is 7.91. The Hall–Kier alpha value is -1.35. The number of benzene rings is 1. The van der Waals surface area contributed by atoms with Gasteiger partial charge in [-0.25, -0.2) is 8.42 Å². The van der Waals surface area contributed by atoms with Gasteiger partial charge in [0, 0.05) is 0 Å². The molecule has 1 rings (SSSR count). The maximum absolute atomic E-state index is 12.1. The van der Waals surface area contributed by atoms with E-state index in [1.54, 1.807) is 30.3 Å². The molecule has 0 spiro atoms. The number of hydrogen-bond donors (Lipinski definition) is 0. The normalized spacial score (nSPS) is 13.3. The largest absolute Gasteiger partial charge is 0.223 e. The molecular weight excluding hydrogens is 280 g/mol. The summed E-state index contributed by atoms with van der Waals surface area (Å²) in [6, 6.07) is 8.61. The molecule has 0 saturated heterocycles. The fraction of sp³-hybridized carbons (Fsp3) is 0.444. The highest BCUT2D eigenvalue weighted by Gasteiger charge is 2.10. The molecule has 1 aromatic carbocycles.